The predicted octanol–water partition coefficient (Wildman–Crippen LogP) is 4.41. The van der Waals surface area contributed by atoms with Gasteiger partial charge in [-0.2, -0.15) is 0 Å². The number of primary amides is 1. The van der Waals surface area contributed by atoms with E-state index in [0.717, 1.165) is 28.8 Å². The van der Waals surface area contributed by atoms with Crippen molar-refractivity contribution in [2.24, 2.45) is 5.73 Å². The van der Waals surface area contributed by atoms with Gasteiger partial charge in [0.15, 0.2) is 6.10 Å². The molecule has 0 aliphatic heterocycles. The van der Waals surface area contributed by atoms with Crippen LogP contribution in [0.1, 0.15) is 40.5 Å². The first-order valence-electron chi connectivity index (χ1n) is 9.32. The van der Waals surface area contributed by atoms with E-state index < -0.39 is 18.0 Å². The van der Waals surface area contributed by atoms with Crippen LogP contribution in [0.15, 0.2) is 48.5 Å². The van der Waals surface area contributed by atoms with Gasteiger partial charge in [0.05, 0.1) is 16.8 Å². The summed E-state index contributed by atoms with van der Waals surface area (Å²) >= 11 is 5.98. The number of nitrogens with two attached hydrogens (primary N) is 1. The summed E-state index contributed by atoms with van der Waals surface area (Å²) in [5, 5.41) is 1.39. The van der Waals surface area contributed by atoms with E-state index in [4.69, 9.17) is 27.1 Å². The van der Waals surface area contributed by atoms with Gasteiger partial charge in [0, 0.05) is 10.4 Å². The second-order valence-corrected chi connectivity index (χ2v) is 7.44. The van der Waals surface area contributed by atoms with Crippen LogP contribution in [0.25, 0.3) is 22.6 Å². The SMILES string of the molecule is CC(OC(=O)c1c2c(nc3ccccc13)C(=Cc1ccc(Cl)cc1)CC2)C(N)=O. The van der Waals surface area contributed by atoms with Crippen molar-refractivity contribution in [3.63, 3.8) is 0 Å². The lowest BCUT2D eigenvalue weighted by molar-refractivity contribution is -0.125. The number of fused-ring (bicyclic) bond motifs is 2. The Morgan fingerprint density at radius 3 is 2.59 bits per heavy atom. The Kier molecular flexibility index (Phi) is 5.07. The molecular formula is C23H19ClN2O3. The zero-order valence-electron chi connectivity index (χ0n) is 15.8. The maximum atomic E-state index is 12.9. The van der Waals surface area contributed by atoms with Crippen LogP contribution in [0.2, 0.25) is 5.02 Å². The number of carbonyl (C=O) groups is 2. The number of carbonyl (C=O) groups excluding carboxylic acids is 2. The van der Waals surface area contributed by atoms with Crippen LogP contribution in [0.3, 0.4) is 0 Å². The smallest absolute Gasteiger partial charge is 0.339 e. The van der Waals surface area contributed by atoms with E-state index in [-0.39, 0.29) is 0 Å². The van der Waals surface area contributed by atoms with Crippen LogP contribution < -0.4 is 5.73 Å². The topological polar surface area (TPSA) is 82.3 Å². The van der Waals surface area contributed by atoms with Crippen LogP contribution >= 0.6 is 11.6 Å². The second kappa shape index (κ2) is 7.68. The third kappa shape index (κ3) is 3.74. The van der Waals surface area contributed by atoms with Crippen LogP contribution in [0.5, 0.6) is 0 Å². The van der Waals surface area contributed by atoms with Crippen molar-refractivity contribution in [1.29, 1.82) is 0 Å². The van der Waals surface area contributed by atoms with E-state index in [1.807, 2.05) is 48.5 Å². The summed E-state index contributed by atoms with van der Waals surface area (Å²) in [6.45, 7) is 1.47. The summed E-state index contributed by atoms with van der Waals surface area (Å²) in [4.78, 5) is 29.1. The summed E-state index contributed by atoms with van der Waals surface area (Å²) in [6, 6.07) is 15.0. The Labute approximate surface area is 173 Å². The van der Waals surface area contributed by atoms with Gasteiger partial charge in [-0.1, -0.05) is 41.9 Å². The molecule has 3 aromatic rings. The summed E-state index contributed by atoms with van der Waals surface area (Å²) < 4.78 is 5.32. The molecule has 146 valence electrons. The van der Waals surface area contributed by atoms with E-state index in [1.165, 1.54) is 6.92 Å². The van der Waals surface area contributed by atoms with Gasteiger partial charge >= 0.3 is 5.97 Å². The number of benzene rings is 2. The molecule has 0 radical (unpaired) electrons. The standard InChI is InChI=1S/C23H19ClN2O3/c1-13(22(25)27)29-23(28)20-17-4-2-3-5-19(17)26-21-15(8-11-18(20)21)12-14-6-9-16(24)10-7-14/h2-7,9-10,12-13H,8,11H2,1H3,(H2,25,27). The summed E-state index contributed by atoms with van der Waals surface area (Å²) in [7, 11) is 0. The number of esters is 1. The summed E-state index contributed by atoms with van der Waals surface area (Å²) in [6.07, 6.45) is 2.48. The monoisotopic (exact) mass is 406 g/mol. The van der Waals surface area contributed by atoms with Gasteiger partial charge in [0.25, 0.3) is 5.91 Å². The van der Waals surface area contributed by atoms with E-state index in [0.29, 0.717) is 27.9 Å². The van der Waals surface area contributed by atoms with Crippen molar-refractivity contribution in [3.05, 3.63) is 75.9 Å². The lowest BCUT2D eigenvalue weighted by atomic mass is 10.0. The van der Waals surface area contributed by atoms with Gasteiger partial charge in [-0.25, -0.2) is 9.78 Å². The van der Waals surface area contributed by atoms with Gasteiger partial charge in [-0.15, -0.1) is 0 Å². The van der Waals surface area contributed by atoms with Gasteiger partial charge < -0.3 is 10.5 Å². The lowest BCUT2D eigenvalue weighted by Gasteiger charge is -2.14. The third-order valence-corrected chi connectivity index (χ3v) is 5.29. The zero-order valence-corrected chi connectivity index (χ0v) is 16.6. The number of para-hydroxylation sites is 1. The fourth-order valence-corrected chi connectivity index (χ4v) is 3.68. The first kappa shape index (κ1) is 19.2. The first-order valence-corrected chi connectivity index (χ1v) is 9.70. The highest BCUT2D eigenvalue weighted by Gasteiger charge is 2.29. The molecular weight excluding hydrogens is 388 g/mol. The maximum absolute atomic E-state index is 12.9. The molecule has 2 N–H and O–H groups in total. The van der Waals surface area contributed by atoms with Crippen molar-refractivity contribution in [2.75, 3.05) is 0 Å². The number of pyridine rings is 1. The highest BCUT2D eigenvalue weighted by atomic mass is 35.5. The summed E-state index contributed by atoms with van der Waals surface area (Å²) in [5.41, 5.74) is 10.1. The molecule has 1 aromatic heterocycles. The molecule has 6 heteroatoms. The average Bonchev–Trinajstić information content (AvgIpc) is 3.09. The molecule has 1 atom stereocenters. The van der Waals surface area contributed by atoms with Gasteiger partial charge in [0.1, 0.15) is 0 Å². The third-order valence-electron chi connectivity index (χ3n) is 5.04. The molecule has 0 saturated carbocycles. The number of allylic oxidation sites excluding steroid dienone is 1. The Balaban J connectivity index is 1.84. The maximum Gasteiger partial charge on any atom is 0.339 e. The second-order valence-electron chi connectivity index (χ2n) is 7.00. The minimum Gasteiger partial charge on any atom is -0.449 e. The number of rotatable bonds is 4. The average molecular weight is 407 g/mol. The van der Waals surface area contributed by atoms with Crippen molar-refractivity contribution >= 4 is 46.0 Å². The van der Waals surface area contributed by atoms with Crippen molar-refractivity contribution in [3.8, 4) is 0 Å². The normalized spacial score (nSPS) is 15.3. The fourth-order valence-electron chi connectivity index (χ4n) is 3.55. The first-order chi connectivity index (χ1) is 13.9. The van der Waals surface area contributed by atoms with E-state index >= 15 is 0 Å². The molecule has 1 aliphatic rings. The molecule has 0 bridgehead atoms. The minimum absolute atomic E-state index is 0.457. The Hall–Kier alpha value is -3.18. The van der Waals surface area contributed by atoms with Crippen LogP contribution in [0, 0.1) is 0 Å². The zero-order chi connectivity index (χ0) is 20.5. The number of halogens is 1. The number of hydrogen-bond acceptors (Lipinski definition) is 4. The number of aromatic nitrogens is 1. The molecule has 2 aromatic carbocycles. The Bertz CT molecular complexity index is 1150. The highest BCUT2D eigenvalue weighted by Crippen LogP contribution is 2.38. The molecule has 1 heterocycles. The van der Waals surface area contributed by atoms with Crippen LogP contribution in [-0.2, 0) is 16.0 Å². The molecule has 29 heavy (non-hydrogen) atoms. The highest BCUT2D eigenvalue weighted by molar-refractivity contribution is 6.30. The number of ether oxygens (including phenoxy) is 1. The Morgan fingerprint density at radius 1 is 1.14 bits per heavy atom. The Morgan fingerprint density at radius 2 is 1.86 bits per heavy atom. The predicted molar refractivity (Wildman–Crippen MR) is 113 cm³/mol. The quantitative estimate of drug-likeness (QED) is 0.651. The fraction of sp³-hybridized carbons (Fsp3) is 0.174. The molecule has 1 unspecified atom stereocenters. The van der Waals surface area contributed by atoms with E-state index in [1.54, 1.807) is 0 Å². The van der Waals surface area contributed by atoms with Crippen molar-refractivity contribution in [2.45, 2.75) is 25.9 Å². The van der Waals surface area contributed by atoms with Gasteiger partial charge in [0.2, 0.25) is 0 Å². The molecule has 0 saturated heterocycles. The molecule has 0 spiro atoms. The molecule has 0 fully saturated rings. The number of amides is 1. The van der Waals surface area contributed by atoms with Crippen molar-refractivity contribution in [1.82, 2.24) is 4.98 Å². The number of hydrogen-bond donors (Lipinski definition) is 1. The summed E-state index contributed by atoms with van der Waals surface area (Å²) in [5.74, 6) is -1.24. The largest absolute Gasteiger partial charge is 0.449 e. The molecule has 1 amide bonds. The van der Waals surface area contributed by atoms with E-state index in [9.17, 15) is 9.59 Å². The number of nitrogens with zero attached hydrogens (tertiary/aromatic N) is 1. The van der Waals surface area contributed by atoms with Crippen molar-refractivity contribution < 1.29 is 14.3 Å². The molecule has 5 nitrogen and oxygen atoms in total. The minimum atomic E-state index is -1.00. The van der Waals surface area contributed by atoms with Gasteiger partial charge in [-0.3, -0.25) is 4.79 Å². The van der Waals surface area contributed by atoms with Crippen LogP contribution in [0.4, 0.5) is 0 Å². The van der Waals surface area contributed by atoms with Gasteiger partial charge in [-0.05, 0) is 60.7 Å². The van der Waals surface area contributed by atoms with Crippen LogP contribution in [-0.4, -0.2) is 23.0 Å². The molecule has 1 aliphatic carbocycles. The van der Waals surface area contributed by atoms with E-state index in [2.05, 4.69) is 6.08 Å². The molecule has 4 rings (SSSR count). The lowest BCUT2D eigenvalue weighted by Crippen LogP contribution is -2.30.